The molecule has 5 rings (SSSR count). The molecule has 0 saturated carbocycles. The highest BCUT2D eigenvalue weighted by molar-refractivity contribution is 7.15. The SMILES string of the molecule is COc1ccc(-c2ccc(Nc3nc4scc(-c5cccc(OC)c5)n4n3)nn2)cc1. The summed E-state index contributed by atoms with van der Waals surface area (Å²) >= 11 is 1.52. The molecule has 9 heteroatoms. The van der Waals surface area contributed by atoms with Crippen molar-refractivity contribution >= 4 is 28.1 Å². The van der Waals surface area contributed by atoms with E-state index in [1.54, 1.807) is 18.7 Å². The van der Waals surface area contributed by atoms with Crippen LogP contribution in [0.25, 0.3) is 27.5 Å². The third-order valence-electron chi connectivity index (χ3n) is 4.74. The Hall–Kier alpha value is -3.98. The number of ether oxygens (including phenoxy) is 2. The van der Waals surface area contributed by atoms with Gasteiger partial charge in [-0.2, -0.15) is 4.98 Å². The maximum atomic E-state index is 5.33. The summed E-state index contributed by atoms with van der Waals surface area (Å²) in [7, 11) is 3.30. The maximum absolute atomic E-state index is 5.33. The van der Waals surface area contributed by atoms with Gasteiger partial charge in [-0.1, -0.05) is 12.1 Å². The van der Waals surface area contributed by atoms with Crippen molar-refractivity contribution in [3.05, 3.63) is 66.0 Å². The van der Waals surface area contributed by atoms with Crippen LogP contribution < -0.4 is 14.8 Å². The zero-order valence-electron chi connectivity index (χ0n) is 16.8. The summed E-state index contributed by atoms with van der Waals surface area (Å²) in [5.41, 5.74) is 3.68. The fraction of sp³-hybridized carbons (Fsp3) is 0.0909. The molecular weight excluding hydrogens is 412 g/mol. The van der Waals surface area contributed by atoms with Crippen molar-refractivity contribution in [3.63, 3.8) is 0 Å². The van der Waals surface area contributed by atoms with Gasteiger partial charge in [-0.3, -0.25) is 0 Å². The Kier molecular flexibility index (Phi) is 4.93. The van der Waals surface area contributed by atoms with E-state index in [2.05, 4.69) is 25.6 Å². The smallest absolute Gasteiger partial charge is 0.249 e. The molecule has 31 heavy (non-hydrogen) atoms. The molecule has 1 N–H and O–H groups in total. The van der Waals surface area contributed by atoms with Crippen LogP contribution in [0.4, 0.5) is 11.8 Å². The second kappa shape index (κ2) is 8.04. The fourth-order valence-electron chi connectivity index (χ4n) is 3.14. The largest absolute Gasteiger partial charge is 0.497 e. The van der Waals surface area contributed by atoms with Crippen molar-refractivity contribution in [2.45, 2.75) is 0 Å². The van der Waals surface area contributed by atoms with E-state index in [1.165, 1.54) is 11.3 Å². The fourth-order valence-corrected chi connectivity index (χ4v) is 3.98. The van der Waals surface area contributed by atoms with Gasteiger partial charge in [0.2, 0.25) is 10.9 Å². The molecule has 3 heterocycles. The van der Waals surface area contributed by atoms with Gasteiger partial charge in [-0.15, -0.1) is 26.6 Å². The van der Waals surface area contributed by atoms with E-state index in [1.807, 2.05) is 66.0 Å². The Labute approximate surface area is 182 Å². The van der Waals surface area contributed by atoms with Crippen molar-refractivity contribution in [2.24, 2.45) is 0 Å². The first-order valence-corrected chi connectivity index (χ1v) is 10.4. The average molecular weight is 430 g/mol. The molecule has 0 radical (unpaired) electrons. The predicted octanol–water partition coefficient (Wildman–Crippen LogP) is 4.68. The van der Waals surface area contributed by atoms with Gasteiger partial charge in [0.05, 0.1) is 25.6 Å². The van der Waals surface area contributed by atoms with E-state index in [0.717, 1.165) is 39.0 Å². The first-order chi connectivity index (χ1) is 15.2. The zero-order valence-corrected chi connectivity index (χ0v) is 17.6. The molecule has 0 atom stereocenters. The van der Waals surface area contributed by atoms with Gasteiger partial charge in [0, 0.05) is 16.5 Å². The molecule has 0 spiro atoms. The van der Waals surface area contributed by atoms with E-state index in [4.69, 9.17) is 9.47 Å². The van der Waals surface area contributed by atoms with E-state index >= 15 is 0 Å². The molecule has 0 unspecified atom stereocenters. The number of hydrogen-bond donors (Lipinski definition) is 1. The van der Waals surface area contributed by atoms with Gasteiger partial charge in [0.1, 0.15) is 11.5 Å². The van der Waals surface area contributed by atoms with Crippen LogP contribution in [-0.4, -0.2) is 39.0 Å². The lowest BCUT2D eigenvalue weighted by Gasteiger charge is -2.04. The Balaban J connectivity index is 1.37. The van der Waals surface area contributed by atoms with Crippen LogP contribution in [0.3, 0.4) is 0 Å². The highest BCUT2D eigenvalue weighted by atomic mass is 32.1. The number of nitrogens with one attached hydrogen (secondary N) is 1. The van der Waals surface area contributed by atoms with E-state index in [-0.39, 0.29) is 0 Å². The molecule has 0 aliphatic carbocycles. The van der Waals surface area contributed by atoms with Crippen LogP contribution in [0.5, 0.6) is 11.5 Å². The minimum absolute atomic E-state index is 0.461. The van der Waals surface area contributed by atoms with E-state index < -0.39 is 0 Å². The maximum Gasteiger partial charge on any atom is 0.249 e. The van der Waals surface area contributed by atoms with Gasteiger partial charge in [-0.25, -0.2) is 4.52 Å². The summed E-state index contributed by atoms with van der Waals surface area (Å²) in [5, 5.41) is 18.3. The molecule has 0 aliphatic heterocycles. The number of anilines is 2. The average Bonchev–Trinajstić information content (AvgIpc) is 3.40. The molecule has 0 bridgehead atoms. The van der Waals surface area contributed by atoms with Crippen LogP contribution in [0, 0.1) is 0 Å². The van der Waals surface area contributed by atoms with Crippen LogP contribution >= 0.6 is 11.3 Å². The van der Waals surface area contributed by atoms with Crippen LogP contribution in [0.2, 0.25) is 0 Å². The van der Waals surface area contributed by atoms with Gasteiger partial charge in [0.15, 0.2) is 5.82 Å². The Bertz CT molecular complexity index is 1330. The van der Waals surface area contributed by atoms with Crippen molar-refractivity contribution in [2.75, 3.05) is 19.5 Å². The minimum atomic E-state index is 0.461. The van der Waals surface area contributed by atoms with Gasteiger partial charge < -0.3 is 14.8 Å². The summed E-state index contributed by atoms with van der Waals surface area (Å²) in [4.78, 5) is 5.32. The van der Waals surface area contributed by atoms with Crippen LogP contribution in [-0.2, 0) is 0 Å². The Morgan fingerprint density at radius 1 is 0.871 bits per heavy atom. The molecule has 0 fully saturated rings. The Morgan fingerprint density at radius 3 is 2.45 bits per heavy atom. The number of fused-ring (bicyclic) bond motifs is 1. The molecule has 8 nitrogen and oxygen atoms in total. The molecule has 3 aromatic heterocycles. The standard InChI is InChI=1S/C22H18N6O2S/c1-29-16-8-6-14(7-9-16)18-10-11-20(26-25-18)23-21-24-22-28(27-21)19(13-31-22)15-4-3-5-17(12-15)30-2/h3-13H,1-2H3,(H,23,26,27). The van der Waals surface area contributed by atoms with E-state index in [9.17, 15) is 0 Å². The second-order valence-electron chi connectivity index (χ2n) is 6.64. The number of aromatic nitrogens is 5. The lowest BCUT2D eigenvalue weighted by atomic mass is 10.1. The molecule has 5 aromatic rings. The highest BCUT2D eigenvalue weighted by Gasteiger charge is 2.13. The molecular formula is C22H18N6O2S. The summed E-state index contributed by atoms with van der Waals surface area (Å²) in [6.45, 7) is 0. The van der Waals surface area contributed by atoms with Crippen LogP contribution in [0.15, 0.2) is 66.0 Å². The topological polar surface area (TPSA) is 86.5 Å². The lowest BCUT2D eigenvalue weighted by Crippen LogP contribution is -1.98. The van der Waals surface area contributed by atoms with Crippen molar-refractivity contribution in [3.8, 4) is 34.0 Å². The molecule has 0 aliphatic rings. The predicted molar refractivity (Wildman–Crippen MR) is 120 cm³/mol. The van der Waals surface area contributed by atoms with Crippen molar-refractivity contribution < 1.29 is 9.47 Å². The van der Waals surface area contributed by atoms with Gasteiger partial charge >= 0.3 is 0 Å². The highest BCUT2D eigenvalue weighted by Crippen LogP contribution is 2.29. The monoisotopic (exact) mass is 430 g/mol. The summed E-state index contributed by atoms with van der Waals surface area (Å²) in [6.07, 6.45) is 0. The first-order valence-electron chi connectivity index (χ1n) is 9.47. The molecule has 2 aromatic carbocycles. The van der Waals surface area contributed by atoms with Gasteiger partial charge in [-0.05, 0) is 48.5 Å². The normalized spacial score (nSPS) is 10.9. The lowest BCUT2D eigenvalue weighted by molar-refractivity contribution is 0.415. The number of nitrogens with zero attached hydrogens (tertiary/aromatic N) is 5. The van der Waals surface area contributed by atoms with E-state index in [0.29, 0.717) is 11.8 Å². The molecule has 0 amide bonds. The number of benzene rings is 2. The van der Waals surface area contributed by atoms with Gasteiger partial charge in [0.25, 0.3) is 0 Å². The number of methoxy groups -OCH3 is 2. The zero-order chi connectivity index (χ0) is 21.2. The Morgan fingerprint density at radius 2 is 1.71 bits per heavy atom. The van der Waals surface area contributed by atoms with Crippen molar-refractivity contribution in [1.82, 2.24) is 24.8 Å². The number of thiazole rings is 1. The summed E-state index contributed by atoms with van der Waals surface area (Å²) in [6, 6.07) is 19.3. The minimum Gasteiger partial charge on any atom is -0.497 e. The van der Waals surface area contributed by atoms with Crippen LogP contribution in [0.1, 0.15) is 0 Å². The van der Waals surface area contributed by atoms with Crippen molar-refractivity contribution in [1.29, 1.82) is 0 Å². The summed E-state index contributed by atoms with van der Waals surface area (Å²) in [5.74, 6) is 2.62. The molecule has 154 valence electrons. The quantitative estimate of drug-likeness (QED) is 0.419. The summed E-state index contributed by atoms with van der Waals surface area (Å²) < 4.78 is 12.3. The number of hydrogen-bond acceptors (Lipinski definition) is 8. The molecule has 0 saturated heterocycles. The third-order valence-corrected chi connectivity index (χ3v) is 5.55. The second-order valence-corrected chi connectivity index (χ2v) is 7.48. The third kappa shape index (κ3) is 3.78. The number of rotatable bonds is 6. The first kappa shape index (κ1) is 19.0.